The molecule has 3 heterocycles. The quantitative estimate of drug-likeness (QED) is 0.347. The van der Waals surface area contributed by atoms with Gasteiger partial charge in [-0.15, -0.1) is 10.8 Å². The number of piperidine rings is 1. The molecule has 2 aromatic carbocycles. The van der Waals surface area contributed by atoms with Gasteiger partial charge in [-0.05, 0) is 81.2 Å². The predicted molar refractivity (Wildman–Crippen MR) is 151 cm³/mol. The maximum Gasteiger partial charge on any atom is 0.253 e. The van der Waals surface area contributed by atoms with Gasteiger partial charge in [0.1, 0.15) is 11.4 Å². The summed E-state index contributed by atoms with van der Waals surface area (Å²) < 4.78 is 1.71. The molecule has 1 aliphatic rings. The summed E-state index contributed by atoms with van der Waals surface area (Å²) in [6.07, 6.45) is 4.78. The molecule has 0 unspecified atom stereocenters. The van der Waals surface area contributed by atoms with Crippen molar-refractivity contribution in [3.8, 4) is 17.1 Å². The number of nitrogens with zero attached hydrogens (tertiary/aromatic N) is 6. The Bertz CT molecular complexity index is 1480. The molecule has 4 aromatic rings. The normalized spacial score (nSPS) is 14.4. The number of benzene rings is 2. The summed E-state index contributed by atoms with van der Waals surface area (Å²) in [7, 11) is 4.21. The Kier molecular flexibility index (Phi) is 7.27. The van der Waals surface area contributed by atoms with Gasteiger partial charge in [0.25, 0.3) is 5.91 Å². The van der Waals surface area contributed by atoms with Gasteiger partial charge in [-0.3, -0.25) is 9.89 Å². The highest BCUT2D eigenvalue weighted by molar-refractivity contribution is 5.95. The fourth-order valence-electron chi connectivity index (χ4n) is 5.12. The van der Waals surface area contributed by atoms with Gasteiger partial charge in [-0.25, -0.2) is 4.68 Å². The summed E-state index contributed by atoms with van der Waals surface area (Å²) in [6, 6.07) is 14.3. The number of carbonyl (C=O) groups excluding carboxylic acids is 1. The summed E-state index contributed by atoms with van der Waals surface area (Å²) in [5.74, 6) is 0.591. The number of likely N-dealkylation sites (tertiary alicyclic amines) is 1. The zero-order valence-electron chi connectivity index (χ0n) is 22.6. The van der Waals surface area contributed by atoms with E-state index in [0.717, 1.165) is 65.8 Å². The van der Waals surface area contributed by atoms with E-state index in [-0.39, 0.29) is 5.91 Å². The predicted octanol–water partition coefficient (Wildman–Crippen LogP) is 5.19. The topological polar surface area (TPSA) is 82.9 Å². The molecule has 38 heavy (non-hydrogen) atoms. The Hall–Kier alpha value is -4.00. The molecule has 1 fully saturated rings. The molecule has 0 atom stereocenters. The number of allylic oxidation sites excluding steroid dienone is 1. The van der Waals surface area contributed by atoms with E-state index in [4.69, 9.17) is 0 Å². The lowest BCUT2D eigenvalue weighted by Gasteiger charge is -2.35. The van der Waals surface area contributed by atoms with Crippen LogP contribution in [0.2, 0.25) is 0 Å². The summed E-state index contributed by atoms with van der Waals surface area (Å²) in [5.41, 5.74) is 9.16. The van der Waals surface area contributed by atoms with Gasteiger partial charge in [0.05, 0.1) is 17.4 Å². The van der Waals surface area contributed by atoms with E-state index >= 15 is 0 Å². The molecule has 0 aliphatic carbocycles. The number of aromatic nitrogens is 5. The van der Waals surface area contributed by atoms with Gasteiger partial charge in [0.15, 0.2) is 0 Å². The van der Waals surface area contributed by atoms with Gasteiger partial charge >= 0.3 is 0 Å². The number of aromatic amines is 1. The number of carbonyl (C=O) groups is 1. The summed E-state index contributed by atoms with van der Waals surface area (Å²) >= 11 is 0. The highest BCUT2D eigenvalue weighted by Gasteiger charge is 2.24. The van der Waals surface area contributed by atoms with Crippen LogP contribution in [-0.2, 0) is 0 Å². The second-order valence-electron chi connectivity index (χ2n) is 10.7. The fourth-order valence-corrected chi connectivity index (χ4v) is 5.12. The molecular formula is C30H35N7O. The monoisotopic (exact) mass is 509 g/mol. The molecule has 8 heteroatoms. The van der Waals surface area contributed by atoms with E-state index in [1.807, 2.05) is 41.4 Å². The maximum absolute atomic E-state index is 13.0. The molecule has 1 amide bonds. The summed E-state index contributed by atoms with van der Waals surface area (Å²) in [5, 5.41) is 17.3. The standard InChI is InChI=1S/C30H35N7O/c1-6-21(17-20(2)3)23-9-12-27-26(18-23)29(33-31-27)28-19-37(34-32-28)25-10-7-22(8-11-25)30(38)36-15-13-24(14-16-36)35(4)5/h7-12,18-20,24H,1,13-17H2,2-5H3,(H,31,33). The molecule has 5 rings (SSSR count). The second kappa shape index (κ2) is 10.8. The van der Waals surface area contributed by atoms with Crippen molar-refractivity contribution in [2.45, 2.75) is 39.2 Å². The Balaban J connectivity index is 1.34. The third-order valence-corrected chi connectivity index (χ3v) is 7.33. The van der Waals surface area contributed by atoms with Crippen LogP contribution in [0.15, 0.2) is 61.0 Å². The number of hydrogen-bond donors (Lipinski definition) is 1. The molecule has 0 saturated carbocycles. The minimum absolute atomic E-state index is 0.0808. The first-order valence-electron chi connectivity index (χ1n) is 13.2. The number of amides is 1. The van der Waals surface area contributed by atoms with Crippen molar-refractivity contribution >= 4 is 22.4 Å². The van der Waals surface area contributed by atoms with E-state index in [1.165, 1.54) is 0 Å². The lowest BCUT2D eigenvalue weighted by atomic mass is 9.96. The van der Waals surface area contributed by atoms with Crippen molar-refractivity contribution in [2.75, 3.05) is 27.2 Å². The van der Waals surface area contributed by atoms with Gasteiger partial charge in [-0.2, -0.15) is 5.10 Å². The van der Waals surface area contributed by atoms with Crippen LogP contribution in [0.25, 0.3) is 33.6 Å². The zero-order chi connectivity index (χ0) is 26.8. The Morgan fingerprint density at radius 3 is 2.50 bits per heavy atom. The molecule has 1 N–H and O–H groups in total. The molecule has 1 aliphatic heterocycles. The first-order valence-corrected chi connectivity index (χ1v) is 13.2. The lowest BCUT2D eigenvalue weighted by molar-refractivity contribution is 0.0663. The highest BCUT2D eigenvalue weighted by atomic mass is 16.2. The van der Waals surface area contributed by atoms with Crippen molar-refractivity contribution in [3.05, 3.63) is 72.1 Å². The fraction of sp³-hybridized carbons (Fsp3) is 0.367. The van der Waals surface area contributed by atoms with Gasteiger partial charge < -0.3 is 9.80 Å². The highest BCUT2D eigenvalue weighted by Crippen LogP contribution is 2.30. The van der Waals surface area contributed by atoms with Crippen LogP contribution in [0.1, 0.15) is 49.0 Å². The van der Waals surface area contributed by atoms with Crippen molar-refractivity contribution in [1.82, 2.24) is 35.0 Å². The van der Waals surface area contributed by atoms with Crippen LogP contribution >= 0.6 is 0 Å². The molecule has 0 radical (unpaired) electrons. The number of H-pyrrole nitrogens is 1. The van der Waals surface area contributed by atoms with Crippen LogP contribution in [0.4, 0.5) is 0 Å². The number of rotatable bonds is 7. The van der Waals surface area contributed by atoms with Crippen LogP contribution in [0.3, 0.4) is 0 Å². The van der Waals surface area contributed by atoms with Crippen LogP contribution in [-0.4, -0.2) is 74.1 Å². The lowest BCUT2D eigenvalue weighted by Crippen LogP contribution is -2.44. The first kappa shape index (κ1) is 25.6. The molecular weight excluding hydrogens is 474 g/mol. The smallest absolute Gasteiger partial charge is 0.253 e. The average molecular weight is 510 g/mol. The van der Waals surface area contributed by atoms with Gasteiger partial charge in [0.2, 0.25) is 0 Å². The third kappa shape index (κ3) is 5.19. The zero-order valence-corrected chi connectivity index (χ0v) is 22.6. The molecule has 8 nitrogen and oxygen atoms in total. The van der Waals surface area contributed by atoms with E-state index in [9.17, 15) is 4.79 Å². The Morgan fingerprint density at radius 2 is 1.84 bits per heavy atom. The molecule has 196 valence electrons. The number of hydrogen-bond acceptors (Lipinski definition) is 5. The third-order valence-electron chi connectivity index (χ3n) is 7.33. The van der Waals surface area contributed by atoms with Crippen molar-refractivity contribution in [2.24, 2.45) is 5.92 Å². The minimum atomic E-state index is 0.0808. The van der Waals surface area contributed by atoms with Crippen molar-refractivity contribution < 1.29 is 4.79 Å². The molecule has 1 saturated heterocycles. The Morgan fingerprint density at radius 1 is 1.13 bits per heavy atom. The van der Waals surface area contributed by atoms with Gasteiger partial charge in [-0.1, -0.05) is 31.7 Å². The average Bonchev–Trinajstić information content (AvgIpc) is 3.58. The van der Waals surface area contributed by atoms with Gasteiger partial charge in [0, 0.05) is 35.7 Å². The first-order chi connectivity index (χ1) is 18.3. The van der Waals surface area contributed by atoms with E-state index in [0.29, 0.717) is 23.2 Å². The number of nitrogens with one attached hydrogen (secondary N) is 1. The van der Waals surface area contributed by atoms with Crippen LogP contribution < -0.4 is 0 Å². The van der Waals surface area contributed by atoms with Crippen LogP contribution in [0.5, 0.6) is 0 Å². The largest absolute Gasteiger partial charge is 0.339 e. The summed E-state index contributed by atoms with van der Waals surface area (Å²) in [6.45, 7) is 9.85. The second-order valence-corrected chi connectivity index (χ2v) is 10.7. The van der Waals surface area contributed by atoms with Crippen LogP contribution in [0, 0.1) is 5.92 Å². The van der Waals surface area contributed by atoms with Crippen molar-refractivity contribution in [1.29, 1.82) is 0 Å². The van der Waals surface area contributed by atoms with Crippen molar-refractivity contribution in [3.63, 3.8) is 0 Å². The Labute approximate surface area is 223 Å². The molecule has 0 bridgehead atoms. The molecule has 0 spiro atoms. The number of fused-ring (bicyclic) bond motifs is 1. The molecule has 2 aromatic heterocycles. The van der Waals surface area contributed by atoms with E-state index in [1.54, 1.807) is 4.68 Å². The van der Waals surface area contributed by atoms with E-state index in [2.05, 4.69) is 77.8 Å². The summed E-state index contributed by atoms with van der Waals surface area (Å²) in [4.78, 5) is 17.2. The minimum Gasteiger partial charge on any atom is -0.339 e. The SMILES string of the molecule is C=C=C(CC(C)C)c1ccc2[nH]nc(-c3cn(-c4ccc(C(=O)N5CCC(N(C)C)CC5)cc4)nn3)c2c1. The maximum atomic E-state index is 13.0. The van der Waals surface area contributed by atoms with E-state index < -0.39 is 0 Å².